The molecule has 0 radical (unpaired) electrons. The zero-order valence-electron chi connectivity index (χ0n) is 13.4. The average molecular weight is 409 g/mol. The van der Waals surface area contributed by atoms with Crippen molar-refractivity contribution in [2.75, 3.05) is 5.32 Å². The van der Waals surface area contributed by atoms with Crippen LogP contribution in [0.2, 0.25) is 0 Å². The summed E-state index contributed by atoms with van der Waals surface area (Å²) in [5.74, 6) is 5.84. The summed E-state index contributed by atoms with van der Waals surface area (Å²) in [7, 11) is 0. The Kier molecular flexibility index (Phi) is 5.53. The molecule has 1 fully saturated rings. The van der Waals surface area contributed by atoms with E-state index in [1.807, 2.05) is 0 Å². The predicted octanol–water partition coefficient (Wildman–Crippen LogP) is 2.29. The molecular formula is C14H16N8OS3. The number of hydrazone groups is 1. The molecule has 1 aliphatic carbocycles. The van der Waals surface area contributed by atoms with E-state index in [2.05, 4.69) is 73.7 Å². The van der Waals surface area contributed by atoms with Crippen molar-refractivity contribution in [2.24, 2.45) is 21.2 Å². The maximum absolute atomic E-state index is 10.3. The molecule has 3 rings (SSSR count). The van der Waals surface area contributed by atoms with E-state index in [0.29, 0.717) is 28.8 Å². The first-order valence-electron chi connectivity index (χ1n) is 7.53. The summed E-state index contributed by atoms with van der Waals surface area (Å²) in [6, 6.07) is 5.18. The molecular weight excluding hydrogens is 392 g/mol. The summed E-state index contributed by atoms with van der Waals surface area (Å²) in [6.45, 7) is 0. The number of nitrogens with zero attached hydrogens (tertiary/aromatic N) is 6. The Balaban J connectivity index is 1.81. The van der Waals surface area contributed by atoms with E-state index in [1.165, 1.54) is 6.07 Å². The normalized spacial score (nSPS) is 15.4. The minimum Gasteiger partial charge on any atom is -0.507 e. The largest absolute Gasteiger partial charge is 0.507 e. The first-order valence-corrected chi connectivity index (χ1v) is 8.88. The van der Waals surface area contributed by atoms with Gasteiger partial charge in [0.15, 0.2) is 5.84 Å². The number of phenols is 1. The zero-order valence-corrected chi connectivity index (χ0v) is 16.0. The van der Waals surface area contributed by atoms with Gasteiger partial charge in [-0.3, -0.25) is 0 Å². The molecule has 0 amide bonds. The second kappa shape index (κ2) is 7.68. The van der Waals surface area contributed by atoms with Gasteiger partial charge in [-0.2, -0.15) is 5.10 Å². The van der Waals surface area contributed by atoms with E-state index in [9.17, 15) is 5.11 Å². The summed E-state index contributed by atoms with van der Waals surface area (Å²) < 4.78 is -1.27. The van der Waals surface area contributed by atoms with E-state index >= 15 is 0 Å². The number of thiol groups is 3. The lowest BCUT2D eigenvalue weighted by atomic mass is 10.1. The van der Waals surface area contributed by atoms with Gasteiger partial charge in [0.2, 0.25) is 9.48 Å². The smallest absolute Gasteiger partial charge is 0.242 e. The number of aromatic nitrogens is 3. The second-order valence-electron chi connectivity index (χ2n) is 5.57. The van der Waals surface area contributed by atoms with Crippen LogP contribution >= 0.6 is 37.9 Å². The van der Waals surface area contributed by atoms with Crippen LogP contribution in [-0.2, 0) is 0 Å². The van der Waals surface area contributed by atoms with E-state index in [0.717, 1.165) is 12.8 Å². The average Bonchev–Trinajstić information content (AvgIpc) is 3.39. The summed E-state index contributed by atoms with van der Waals surface area (Å²) in [5, 5.41) is 32.7. The maximum atomic E-state index is 10.3. The number of phenolic OH excluding ortho intramolecular Hbond substituents is 1. The third-order valence-electron chi connectivity index (χ3n) is 3.41. The minimum absolute atomic E-state index is 0.0493. The third kappa shape index (κ3) is 4.99. The number of amidine groups is 1. The van der Waals surface area contributed by atoms with Gasteiger partial charge < -0.3 is 16.3 Å². The van der Waals surface area contributed by atoms with Crippen molar-refractivity contribution in [1.82, 2.24) is 15.2 Å². The fraction of sp³-hybridized carbons (Fsp3) is 0.286. The maximum Gasteiger partial charge on any atom is 0.242 e. The van der Waals surface area contributed by atoms with Gasteiger partial charge in [-0.05, 0) is 25.0 Å². The highest BCUT2D eigenvalue weighted by Gasteiger charge is 2.22. The van der Waals surface area contributed by atoms with Crippen LogP contribution in [0.5, 0.6) is 5.75 Å². The fourth-order valence-electron chi connectivity index (χ4n) is 2.03. The molecule has 12 heteroatoms. The van der Waals surface area contributed by atoms with Gasteiger partial charge in [-0.1, -0.05) is 6.07 Å². The number of nitrogens with two attached hydrogens (primary N) is 1. The van der Waals surface area contributed by atoms with Crippen molar-refractivity contribution in [1.29, 1.82) is 0 Å². The lowest BCUT2D eigenvalue weighted by Gasteiger charge is -2.08. The third-order valence-corrected chi connectivity index (χ3v) is 3.67. The Labute approximate surface area is 165 Å². The van der Waals surface area contributed by atoms with Crippen LogP contribution < -0.4 is 11.2 Å². The first-order chi connectivity index (χ1) is 12.4. The summed E-state index contributed by atoms with van der Waals surface area (Å²) >= 11 is 12.0. The van der Waals surface area contributed by atoms with Crippen molar-refractivity contribution in [2.45, 2.75) is 22.4 Å². The van der Waals surface area contributed by atoms with Crippen LogP contribution in [0.1, 0.15) is 18.4 Å². The SMILES string of the molecule is NN=C(N=NC(S)(S)S)c1ccc(-c2cnc(NC3CC3)nn2)c(O)c1. The highest BCUT2D eigenvalue weighted by molar-refractivity contribution is 8.16. The van der Waals surface area contributed by atoms with Gasteiger partial charge in [0.1, 0.15) is 11.4 Å². The Hall–Kier alpha value is -2.05. The molecule has 1 aliphatic rings. The molecule has 1 aromatic carbocycles. The molecule has 0 unspecified atom stereocenters. The molecule has 1 saturated carbocycles. The van der Waals surface area contributed by atoms with Crippen molar-refractivity contribution < 1.29 is 5.11 Å². The lowest BCUT2D eigenvalue weighted by Crippen LogP contribution is -2.06. The molecule has 0 atom stereocenters. The van der Waals surface area contributed by atoms with Crippen LogP contribution in [0.15, 0.2) is 39.7 Å². The molecule has 26 heavy (non-hydrogen) atoms. The molecule has 0 spiro atoms. The molecule has 136 valence electrons. The van der Waals surface area contributed by atoms with Gasteiger partial charge in [0.05, 0.1) is 6.20 Å². The molecule has 2 aromatic rings. The topological polar surface area (TPSA) is 134 Å². The van der Waals surface area contributed by atoms with Gasteiger partial charge >= 0.3 is 0 Å². The molecule has 0 saturated heterocycles. The van der Waals surface area contributed by atoms with Gasteiger partial charge in [-0.25, -0.2) is 4.98 Å². The van der Waals surface area contributed by atoms with Crippen LogP contribution in [-0.4, -0.2) is 35.7 Å². The Bertz CT molecular complexity index is 846. The molecule has 9 nitrogen and oxygen atoms in total. The van der Waals surface area contributed by atoms with Crippen molar-refractivity contribution in [3.05, 3.63) is 30.0 Å². The number of benzene rings is 1. The van der Waals surface area contributed by atoms with E-state index in [4.69, 9.17) is 5.84 Å². The Morgan fingerprint density at radius 2 is 2.04 bits per heavy atom. The van der Waals surface area contributed by atoms with E-state index in [1.54, 1.807) is 18.3 Å². The molecule has 1 aromatic heterocycles. The minimum atomic E-state index is -1.27. The predicted molar refractivity (Wildman–Crippen MR) is 109 cm³/mol. The Morgan fingerprint density at radius 1 is 1.27 bits per heavy atom. The van der Waals surface area contributed by atoms with Gasteiger partial charge in [-0.15, -0.1) is 58.3 Å². The summed E-state index contributed by atoms with van der Waals surface area (Å²) in [6.07, 6.45) is 3.77. The molecule has 4 N–H and O–H groups in total. The first kappa shape index (κ1) is 18.7. The van der Waals surface area contributed by atoms with Crippen LogP contribution in [0.4, 0.5) is 5.95 Å². The number of hydrogen-bond acceptors (Lipinski definition) is 11. The van der Waals surface area contributed by atoms with Crippen molar-refractivity contribution in [3.63, 3.8) is 0 Å². The van der Waals surface area contributed by atoms with Crippen LogP contribution in [0.25, 0.3) is 11.3 Å². The molecule has 0 bridgehead atoms. The standard InChI is InChI=1S/C14H16N8OS3/c15-18-12(20-22-14(24,25)26)7-1-4-9(11(23)5-7)10-6-16-13(21-19-10)17-8-2-3-8/h1,4-6,8,23-26H,2-3,15H2,(H,16,17,21). The number of aromatic hydroxyl groups is 1. The number of anilines is 1. The van der Waals surface area contributed by atoms with Crippen molar-refractivity contribution in [3.8, 4) is 17.0 Å². The second-order valence-corrected chi connectivity index (χ2v) is 8.57. The van der Waals surface area contributed by atoms with Crippen LogP contribution in [0, 0.1) is 0 Å². The van der Waals surface area contributed by atoms with E-state index in [-0.39, 0.29) is 11.6 Å². The number of hydrogen-bond donors (Lipinski definition) is 6. The van der Waals surface area contributed by atoms with Gasteiger partial charge in [0.25, 0.3) is 0 Å². The number of azo groups is 1. The van der Waals surface area contributed by atoms with E-state index < -0.39 is 3.54 Å². The van der Waals surface area contributed by atoms with Crippen molar-refractivity contribution >= 4 is 49.7 Å². The molecule has 1 heterocycles. The molecule has 0 aliphatic heterocycles. The summed E-state index contributed by atoms with van der Waals surface area (Å²) in [4.78, 5) is 4.21. The lowest BCUT2D eigenvalue weighted by molar-refractivity contribution is 0.477. The fourth-order valence-corrected chi connectivity index (χ4v) is 2.17. The summed E-state index contributed by atoms with van der Waals surface area (Å²) in [5.41, 5.74) is 1.35. The highest BCUT2D eigenvalue weighted by atomic mass is 32.2. The number of rotatable bonds is 5. The zero-order chi connectivity index (χ0) is 18.7. The highest BCUT2D eigenvalue weighted by Crippen LogP contribution is 2.30. The number of nitrogens with one attached hydrogen (secondary N) is 1. The van der Waals surface area contributed by atoms with Gasteiger partial charge in [0, 0.05) is 17.2 Å². The quantitative estimate of drug-likeness (QED) is 0.0855. The monoisotopic (exact) mass is 408 g/mol. The van der Waals surface area contributed by atoms with Crippen LogP contribution in [0.3, 0.4) is 0 Å². The Morgan fingerprint density at radius 3 is 2.58 bits per heavy atom.